The number of nitrogens with zero attached hydrogens (tertiary/aromatic N) is 2. The summed E-state index contributed by atoms with van der Waals surface area (Å²) in [5.74, 6) is 0. The molecular formula is C13H17N3. The van der Waals surface area contributed by atoms with Crippen LogP contribution in [0.2, 0.25) is 0 Å². The molecule has 1 aliphatic heterocycles. The van der Waals surface area contributed by atoms with Crippen LogP contribution in [-0.4, -0.2) is 13.6 Å². The van der Waals surface area contributed by atoms with E-state index >= 15 is 0 Å². The molecule has 0 radical (unpaired) electrons. The fraction of sp³-hybridized carbons (Fsp3) is 0.462. The van der Waals surface area contributed by atoms with Crippen molar-refractivity contribution in [2.75, 3.05) is 18.5 Å². The highest BCUT2D eigenvalue weighted by atomic mass is 15.1. The van der Waals surface area contributed by atoms with E-state index in [0.717, 1.165) is 12.1 Å². The topological polar surface area (TPSA) is 53.0 Å². The second-order valence-electron chi connectivity index (χ2n) is 5.04. The summed E-state index contributed by atoms with van der Waals surface area (Å²) in [6.45, 7) is 5.82. The molecule has 1 aliphatic rings. The molecule has 0 unspecified atom stereocenters. The summed E-state index contributed by atoms with van der Waals surface area (Å²) in [5.41, 5.74) is 10.1. The van der Waals surface area contributed by atoms with Gasteiger partial charge in [-0.1, -0.05) is 13.8 Å². The van der Waals surface area contributed by atoms with Gasteiger partial charge in [0.2, 0.25) is 0 Å². The molecule has 0 saturated heterocycles. The maximum atomic E-state index is 9.10. The van der Waals surface area contributed by atoms with Gasteiger partial charge in [0.15, 0.2) is 0 Å². The molecular weight excluding hydrogens is 198 g/mol. The Morgan fingerprint density at radius 1 is 1.50 bits per heavy atom. The SMILES string of the molecule is CN1CC(C)(C)c2c1ccc(C#N)c2CN. The van der Waals surface area contributed by atoms with E-state index < -0.39 is 0 Å². The molecule has 0 aliphatic carbocycles. The first-order valence-electron chi connectivity index (χ1n) is 5.49. The molecule has 2 N–H and O–H groups in total. The Labute approximate surface area is 96.5 Å². The highest BCUT2D eigenvalue weighted by Gasteiger charge is 2.35. The number of hydrogen-bond acceptors (Lipinski definition) is 3. The van der Waals surface area contributed by atoms with Crippen LogP contribution in [0.3, 0.4) is 0 Å². The summed E-state index contributed by atoms with van der Waals surface area (Å²) in [5, 5.41) is 9.10. The predicted octanol–water partition coefficient (Wildman–Crippen LogP) is 1.74. The number of benzene rings is 1. The molecule has 16 heavy (non-hydrogen) atoms. The zero-order valence-corrected chi connectivity index (χ0v) is 10.0. The summed E-state index contributed by atoms with van der Waals surface area (Å²) >= 11 is 0. The average molecular weight is 215 g/mol. The monoisotopic (exact) mass is 215 g/mol. The molecule has 3 heteroatoms. The third-order valence-corrected chi connectivity index (χ3v) is 3.34. The Morgan fingerprint density at radius 3 is 2.75 bits per heavy atom. The van der Waals surface area contributed by atoms with E-state index in [0.29, 0.717) is 12.1 Å². The summed E-state index contributed by atoms with van der Waals surface area (Å²) in [6.07, 6.45) is 0. The number of rotatable bonds is 1. The second-order valence-corrected chi connectivity index (χ2v) is 5.04. The first-order chi connectivity index (χ1) is 7.51. The zero-order valence-electron chi connectivity index (χ0n) is 10.0. The summed E-state index contributed by atoms with van der Waals surface area (Å²) < 4.78 is 0. The largest absolute Gasteiger partial charge is 0.373 e. The molecule has 0 saturated carbocycles. The van der Waals surface area contributed by atoms with Gasteiger partial charge in [-0.25, -0.2) is 0 Å². The Balaban J connectivity index is 2.74. The number of likely N-dealkylation sites (N-methyl/N-ethyl adjacent to an activating group) is 1. The smallest absolute Gasteiger partial charge is 0.0995 e. The predicted molar refractivity (Wildman–Crippen MR) is 65.3 cm³/mol. The molecule has 0 fully saturated rings. The number of fused-ring (bicyclic) bond motifs is 1. The van der Waals surface area contributed by atoms with Gasteiger partial charge in [-0.05, 0) is 23.3 Å². The van der Waals surface area contributed by atoms with Crippen molar-refractivity contribution in [2.24, 2.45) is 5.73 Å². The number of hydrogen-bond donors (Lipinski definition) is 1. The number of anilines is 1. The molecule has 84 valence electrons. The summed E-state index contributed by atoms with van der Waals surface area (Å²) in [7, 11) is 2.08. The van der Waals surface area contributed by atoms with E-state index in [9.17, 15) is 0 Å². The van der Waals surface area contributed by atoms with E-state index in [1.54, 1.807) is 0 Å². The molecule has 2 rings (SSSR count). The molecule has 1 aromatic carbocycles. The van der Waals surface area contributed by atoms with Crippen LogP contribution in [0.4, 0.5) is 5.69 Å². The van der Waals surface area contributed by atoms with Gasteiger partial charge >= 0.3 is 0 Å². The van der Waals surface area contributed by atoms with Gasteiger partial charge in [0.1, 0.15) is 0 Å². The van der Waals surface area contributed by atoms with Crippen molar-refractivity contribution in [3.8, 4) is 6.07 Å². The molecule has 1 aromatic rings. The number of nitrogens with two attached hydrogens (primary N) is 1. The third-order valence-electron chi connectivity index (χ3n) is 3.34. The quantitative estimate of drug-likeness (QED) is 0.776. The van der Waals surface area contributed by atoms with Crippen LogP contribution in [0.25, 0.3) is 0 Å². The molecule has 0 aromatic heterocycles. The van der Waals surface area contributed by atoms with E-state index in [2.05, 4.69) is 31.9 Å². The fourth-order valence-corrected chi connectivity index (χ4v) is 2.78. The average Bonchev–Trinajstić information content (AvgIpc) is 2.48. The van der Waals surface area contributed by atoms with E-state index in [1.807, 2.05) is 12.1 Å². The molecule has 3 nitrogen and oxygen atoms in total. The Kier molecular flexibility index (Phi) is 2.40. The lowest BCUT2D eigenvalue weighted by molar-refractivity contribution is 0.558. The lowest BCUT2D eigenvalue weighted by Gasteiger charge is -2.21. The van der Waals surface area contributed by atoms with Crippen LogP contribution in [-0.2, 0) is 12.0 Å². The van der Waals surface area contributed by atoms with Crippen LogP contribution in [0.5, 0.6) is 0 Å². The molecule has 0 bridgehead atoms. The van der Waals surface area contributed by atoms with Crippen molar-refractivity contribution in [3.05, 3.63) is 28.8 Å². The zero-order chi connectivity index (χ0) is 11.9. The van der Waals surface area contributed by atoms with Crippen LogP contribution in [0.1, 0.15) is 30.5 Å². The van der Waals surface area contributed by atoms with Crippen molar-refractivity contribution in [2.45, 2.75) is 25.8 Å². The van der Waals surface area contributed by atoms with Crippen molar-refractivity contribution in [3.63, 3.8) is 0 Å². The maximum absolute atomic E-state index is 9.10. The number of nitriles is 1. The molecule has 0 spiro atoms. The summed E-state index contributed by atoms with van der Waals surface area (Å²) in [4.78, 5) is 2.23. The van der Waals surface area contributed by atoms with Gasteiger partial charge in [0.05, 0.1) is 11.6 Å². The van der Waals surface area contributed by atoms with E-state index in [-0.39, 0.29) is 5.41 Å². The van der Waals surface area contributed by atoms with Crippen molar-refractivity contribution < 1.29 is 0 Å². The second kappa shape index (κ2) is 3.50. The van der Waals surface area contributed by atoms with Crippen molar-refractivity contribution >= 4 is 5.69 Å². The molecule has 0 amide bonds. The highest BCUT2D eigenvalue weighted by molar-refractivity contribution is 5.67. The van der Waals surface area contributed by atoms with Crippen molar-refractivity contribution in [1.82, 2.24) is 0 Å². The fourth-order valence-electron chi connectivity index (χ4n) is 2.78. The van der Waals surface area contributed by atoms with E-state index in [1.165, 1.54) is 11.3 Å². The first kappa shape index (κ1) is 11.0. The lowest BCUT2D eigenvalue weighted by atomic mass is 9.82. The van der Waals surface area contributed by atoms with Crippen LogP contribution >= 0.6 is 0 Å². The van der Waals surface area contributed by atoms with E-state index in [4.69, 9.17) is 11.0 Å². The lowest BCUT2D eigenvalue weighted by Crippen LogP contribution is -2.26. The minimum absolute atomic E-state index is 0.0750. The van der Waals surface area contributed by atoms with Crippen LogP contribution < -0.4 is 10.6 Å². The standard InChI is InChI=1S/C13H17N3/c1-13(2)8-16(3)11-5-4-9(6-14)10(7-15)12(11)13/h4-5H,7-8,15H2,1-3H3. The van der Waals surface area contributed by atoms with Gasteiger partial charge < -0.3 is 10.6 Å². The summed E-state index contributed by atoms with van der Waals surface area (Å²) in [6, 6.07) is 6.13. The van der Waals surface area contributed by atoms with Gasteiger partial charge in [0, 0.05) is 31.2 Å². The molecule has 1 heterocycles. The van der Waals surface area contributed by atoms with Crippen LogP contribution in [0.15, 0.2) is 12.1 Å². The minimum Gasteiger partial charge on any atom is -0.373 e. The van der Waals surface area contributed by atoms with Crippen molar-refractivity contribution in [1.29, 1.82) is 5.26 Å². The van der Waals surface area contributed by atoms with Gasteiger partial charge in [-0.15, -0.1) is 0 Å². The van der Waals surface area contributed by atoms with Gasteiger partial charge in [-0.3, -0.25) is 0 Å². The van der Waals surface area contributed by atoms with Gasteiger partial charge in [-0.2, -0.15) is 5.26 Å². The maximum Gasteiger partial charge on any atom is 0.0995 e. The molecule has 0 atom stereocenters. The van der Waals surface area contributed by atoms with Crippen LogP contribution in [0, 0.1) is 11.3 Å². The Morgan fingerprint density at radius 2 is 2.19 bits per heavy atom. The normalized spacial score (nSPS) is 17.1. The first-order valence-corrected chi connectivity index (χ1v) is 5.49. The Bertz CT molecular complexity index is 469. The Hall–Kier alpha value is -1.53. The minimum atomic E-state index is 0.0750. The highest BCUT2D eigenvalue weighted by Crippen LogP contribution is 2.42. The third kappa shape index (κ3) is 1.38. The van der Waals surface area contributed by atoms with Gasteiger partial charge in [0.25, 0.3) is 0 Å².